The second-order valence-electron chi connectivity index (χ2n) is 9.41. The lowest BCUT2D eigenvalue weighted by Crippen LogP contribution is -2.21. The van der Waals surface area contributed by atoms with Gasteiger partial charge in [0, 0.05) is 24.8 Å². The number of aromatic nitrogens is 3. The highest BCUT2D eigenvalue weighted by atomic mass is 19.1. The molecule has 4 rings (SSSR count). The molecule has 7 nitrogen and oxygen atoms in total. The summed E-state index contributed by atoms with van der Waals surface area (Å²) in [6.07, 6.45) is 11.5. The standard InChI is InChI=1S/C25H37FN6O/c1-3-18-10-7-11-19(18)16-28-24-30-23(27-15-17-8-5-4-6-9-17)31-25(32-24)29-20-12-13-22(33-2)21(26)14-20/h12-14,17-19H,3-11,15-16H2,1-2H3,(H3,27,28,29,30,31,32). The highest BCUT2D eigenvalue weighted by molar-refractivity contribution is 5.57. The van der Waals surface area contributed by atoms with Crippen LogP contribution in [0.1, 0.15) is 64.7 Å². The van der Waals surface area contributed by atoms with Crippen LogP contribution in [0.3, 0.4) is 0 Å². The van der Waals surface area contributed by atoms with E-state index in [2.05, 4.69) is 37.8 Å². The molecule has 0 spiro atoms. The normalized spacial score (nSPS) is 21.1. The third kappa shape index (κ3) is 6.45. The van der Waals surface area contributed by atoms with Crippen molar-refractivity contribution in [2.75, 3.05) is 36.1 Å². The summed E-state index contributed by atoms with van der Waals surface area (Å²) in [5.41, 5.74) is 0.561. The number of nitrogens with zero attached hydrogens (tertiary/aromatic N) is 3. The van der Waals surface area contributed by atoms with Gasteiger partial charge in [-0.25, -0.2) is 4.39 Å². The summed E-state index contributed by atoms with van der Waals surface area (Å²) in [5, 5.41) is 10.00. The maximum Gasteiger partial charge on any atom is 0.233 e. The van der Waals surface area contributed by atoms with Crippen molar-refractivity contribution in [1.29, 1.82) is 0 Å². The second-order valence-corrected chi connectivity index (χ2v) is 9.41. The summed E-state index contributed by atoms with van der Waals surface area (Å²) in [5.74, 6) is 3.33. The SMILES string of the molecule is CCC1CCCC1CNc1nc(NCC2CCCCC2)nc(Nc2ccc(OC)c(F)c2)n1. The van der Waals surface area contributed by atoms with E-state index in [1.54, 1.807) is 12.1 Å². The van der Waals surface area contributed by atoms with Crippen molar-refractivity contribution in [2.45, 2.75) is 64.7 Å². The molecule has 180 valence electrons. The molecule has 2 atom stereocenters. The number of rotatable bonds is 10. The van der Waals surface area contributed by atoms with E-state index in [0.29, 0.717) is 35.4 Å². The first-order chi connectivity index (χ1) is 16.1. The van der Waals surface area contributed by atoms with Crippen molar-refractivity contribution in [3.05, 3.63) is 24.0 Å². The van der Waals surface area contributed by atoms with E-state index in [1.165, 1.54) is 71.0 Å². The Bertz CT molecular complexity index is 904. The highest BCUT2D eigenvalue weighted by Crippen LogP contribution is 2.34. The molecule has 2 fully saturated rings. The van der Waals surface area contributed by atoms with Gasteiger partial charge in [0.05, 0.1) is 7.11 Å². The van der Waals surface area contributed by atoms with E-state index >= 15 is 0 Å². The topological polar surface area (TPSA) is 84.0 Å². The zero-order valence-electron chi connectivity index (χ0n) is 19.9. The molecule has 1 aromatic heterocycles. The molecule has 2 aliphatic carbocycles. The lowest BCUT2D eigenvalue weighted by Gasteiger charge is -2.22. The molecule has 2 unspecified atom stereocenters. The van der Waals surface area contributed by atoms with Crippen molar-refractivity contribution in [3.63, 3.8) is 0 Å². The highest BCUT2D eigenvalue weighted by Gasteiger charge is 2.25. The van der Waals surface area contributed by atoms with Gasteiger partial charge in [-0.1, -0.05) is 45.4 Å². The van der Waals surface area contributed by atoms with Crippen LogP contribution in [0.25, 0.3) is 0 Å². The van der Waals surface area contributed by atoms with Gasteiger partial charge in [-0.2, -0.15) is 15.0 Å². The summed E-state index contributed by atoms with van der Waals surface area (Å²) in [6, 6.07) is 4.72. The van der Waals surface area contributed by atoms with Crippen molar-refractivity contribution in [1.82, 2.24) is 15.0 Å². The maximum atomic E-state index is 14.2. The summed E-state index contributed by atoms with van der Waals surface area (Å²) in [6.45, 7) is 4.00. The summed E-state index contributed by atoms with van der Waals surface area (Å²) >= 11 is 0. The van der Waals surface area contributed by atoms with Crippen molar-refractivity contribution < 1.29 is 9.13 Å². The minimum absolute atomic E-state index is 0.204. The number of ether oxygens (including phenoxy) is 1. The first-order valence-corrected chi connectivity index (χ1v) is 12.5. The van der Waals surface area contributed by atoms with Crippen LogP contribution in [0.4, 0.5) is 27.9 Å². The van der Waals surface area contributed by atoms with Crippen LogP contribution in [0.5, 0.6) is 5.75 Å². The molecule has 1 heterocycles. The molecule has 0 bridgehead atoms. The summed E-state index contributed by atoms with van der Waals surface area (Å²) in [7, 11) is 1.45. The molecular formula is C25H37FN6O. The Labute approximate surface area is 196 Å². The molecule has 8 heteroatoms. The number of anilines is 4. The first-order valence-electron chi connectivity index (χ1n) is 12.5. The number of hydrogen-bond donors (Lipinski definition) is 3. The Balaban J connectivity index is 1.48. The van der Waals surface area contributed by atoms with Gasteiger partial charge in [-0.05, 0) is 49.1 Å². The Morgan fingerprint density at radius 2 is 1.58 bits per heavy atom. The molecule has 0 aliphatic heterocycles. The smallest absolute Gasteiger partial charge is 0.233 e. The van der Waals surface area contributed by atoms with E-state index in [4.69, 9.17) is 4.74 Å². The van der Waals surface area contributed by atoms with Gasteiger partial charge in [0.25, 0.3) is 0 Å². The van der Waals surface area contributed by atoms with Crippen molar-refractivity contribution in [2.24, 2.45) is 17.8 Å². The predicted molar refractivity (Wildman–Crippen MR) is 131 cm³/mol. The molecule has 0 amide bonds. The number of hydrogen-bond acceptors (Lipinski definition) is 7. The van der Waals surface area contributed by atoms with E-state index in [1.807, 2.05) is 0 Å². The lowest BCUT2D eigenvalue weighted by atomic mass is 9.89. The number of methoxy groups -OCH3 is 1. The molecule has 2 saturated carbocycles. The molecule has 0 saturated heterocycles. The quantitative estimate of drug-likeness (QED) is 0.405. The number of halogens is 1. The molecule has 0 radical (unpaired) electrons. The van der Waals surface area contributed by atoms with E-state index in [9.17, 15) is 4.39 Å². The van der Waals surface area contributed by atoms with Gasteiger partial charge >= 0.3 is 0 Å². The van der Waals surface area contributed by atoms with E-state index in [0.717, 1.165) is 19.0 Å². The van der Waals surface area contributed by atoms with E-state index < -0.39 is 5.82 Å². The average Bonchev–Trinajstić information content (AvgIpc) is 3.30. The van der Waals surface area contributed by atoms with Gasteiger partial charge in [-0.15, -0.1) is 0 Å². The Hall–Kier alpha value is -2.64. The summed E-state index contributed by atoms with van der Waals surface area (Å²) in [4.78, 5) is 13.8. The van der Waals surface area contributed by atoms with Crippen molar-refractivity contribution in [3.8, 4) is 5.75 Å². The van der Waals surface area contributed by atoms with Crippen LogP contribution < -0.4 is 20.7 Å². The minimum atomic E-state index is -0.433. The van der Waals surface area contributed by atoms with Crippen LogP contribution in [-0.2, 0) is 0 Å². The van der Waals surface area contributed by atoms with Crippen LogP contribution in [-0.4, -0.2) is 35.2 Å². The molecule has 33 heavy (non-hydrogen) atoms. The number of benzene rings is 1. The predicted octanol–water partition coefficient (Wildman–Crippen LogP) is 5.99. The van der Waals surface area contributed by atoms with Gasteiger partial charge in [0.2, 0.25) is 17.8 Å². The third-order valence-electron chi connectivity index (χ3n) is 7.18. The van der Waals surface area contributed by atoms with Gasteiger partial charge in [-0.3, -0.25) is 0 Å². The summed E-state index contributed by atoms with van der Waals surface area (Å²) < 4.78 is 19.2. The van der Waals surface area contributed by atoms with Crippen LogP contribution in [0.15, 0.2) is 18.2 Å². The molecule has 2 aliphatic rings. The van der Waals surface area contributed by atoms with Gasteiger partial charge in [0.15, 0.2) is 11.6 Å². The zero-order valence-corrected chi connectivity index (χ0v) is 19.9. The zero-order chi connectivity index (χ0) is 23.0. The molecular weight excluding hydrogens is 419 g/mol. The van der Waals surface area contributed by atoms with E-state index in [-0.39, 0.29) is 5.75 Å². The van der Waals surface area contributed by atoms with Crippen molar-refractivity contribution >= 4 is 23.5 Å². The molecule has 1 aromatic carbocycles. The maximum absolute atomic E-state index is 14.2. The minimum Gasteiger partial charge on any atom is -0.494 e. The first kappa shape index (κ1) is 23.5. The Morgan fingerprint density at radius 3 is 2.27 bits per heavy atom. The van der Waals surface area contributed by atoms with Crippen LogP contribution in [0.2, 0.25) is 0 Å². The largest absolute Gasteiger partial charge is 0.494 e. The van der Waals surface area contributed by atoms with Crippen LogP contribution in [0, 0.1) is 23.6 Å². The fraction of sp³-hybridized carbons (Fsp3) is 0.640. The molecule has 3 N–H and O–H groups in total. The molecule has 2 aromatic rings. The fourth-order valence-electron chi connectivity index (χ4n) is 5.23. The average molecular weight is 457 g/mol. The van der Waals surface area contributed by atoms with Gasteiger partial charge in [0.1, 0.15) is 0 Å². The van der Waals surface area contributed by atoms with Crippen LogP contribution >= 0.6 is 0 Å². The van der Waals surface area contributed by atoms with Gasteiger partial charge < -0.3 is 20.7 Å². The second kappa shape index (κ2) is 11.5. The lowest BCUT2D eigenvalue weighted by molar-refractivity contribution is 0.373. The Kier molecular flexibility index (Phi) is 8.18. The Morgan fingerprint density at radius 1 is 0.879 bits per heavy atom. The fourth-order valence-corrected chi connectivity index (χ4v) is 5.23. The number of nitrogens with one attached hydrogen (secondary N) is 3. The monoisotopic (exact) mass is 456 g/mol. The third-order valence-corrected chi connectivity index (χ3v) is 7.18.